The van der Waals surface area contributed by atoms with Gasteiger partial charge in [-0.25, -0.2) is 0 Å². The molecule has 0 unspecified atom stereocenters. The Morgan fingerprint density at radius 1 is 0.974 bits per heavy atom. The zero-order valence-corrected chi connectivity index (χ0v) is 23.1. The van der Waals surface area contributed by atoms with Crippen LogP contribution in [0.15, 0.2) is 63.5 Å². The summed E-state index contributed by atoms with van der Waals surface area (Å²) in [6, 6.07) is 14.9. The van der Waals surface area contributed by atoms with E-state index in [0.29, 0.717) is 47.0 Å². The number of aromatic hydroxyl groups is 1. The van der Waals surface area contributed by atoms with Crippen LogP contribution in [-0.4, -0.2) is 41.6 Å². The highest BCUT2D eigenvalue weighted by Crippen LogP contribution is 2.44. The minimum atomic E-state index is -0.481. The molecule has 0 saturated heterocycles. The fourth-order valence-corrected chi connectivity index (χ4v) is 4.22. The maximum atomic E-state index is 13.1. The van der Waals surface area contributed by atoms with E-state index in [1.54, 1.807) is 32.0 Å². The quantitative estimate of drug-likeness (QED) is 0.224. The summed E-state index contributed by atoms with van der Waals surface area (Å²) in [6.45, 7) is 5.74. The molecule has 0 saturated carbocycles. The predicted octanol–water partition coefficient (Wildman–Crippen LogP) is 5.00. The van der Waals surface area contributed by atoms with Crippen molar-refractivity contribution in [3.63, 3.8) is 0 Å². The first-order valence-electron chi connectivity index (χ1n) is 12.9. The summed E-state index contributed by atoms with van der Waals surface area (Å²) in [6.07, 6.45) is 2.30. The molecule has 0 fully saturated rings. The van der Waals surface area contributed by atoms with Crippen molar-refractivity contribution in [1.82, 2.24) is 10.3 Å². The normalized spacial score (nSPS) is 11.8. The van der Waals surface area contributed by atoms with Gasteiger partial charge in [0.2, 0.25) is 5.91 Å². The lowest BCUT2D eigenvalue weighted by atomic mass is 9.95. The van der Waals surface area contributed by atoms with Gasteiger partial charge in [0, 0.05) is 18.0 Å². The summed E-state index contributed by atoms with van der Waals surface area (Å²) in [5.41, 5.74) is 2.70. The molecule has 0 atom stereocenters. The number of nitrogens with one attached hydrogen (secondary N) is 2. The fourth-order valence-electron chi connectivity index (χ4n) is 4.22. The Morgan fingerprint density at radius 3 is 2.26 bits per heavy atom. The number of unbranched alkanes of at least 4 members (excludes halogenated alkanes) is 1. The molecule has 1 heterocycles. The number of aryl methyl sites for hydroxylation is 1. The fraction of sp³-hybridized carbons (Fsp3) is 0.333. The van der Waals surface area contributed by atoms with E-state index in [2.05, 4.69) is 27.4 Å². The SMILES string of the molecule is CCCCc1[nH]c(=O)c(/C(C)=N/N=C(\C)CC(=O)NCc2ccccc2)c(O)c1-c1c(OC)cccc1OC. The van der Waals surface area contributed by atoms with Crippen LogP contribution >= 0.6 is 0 Å². The molecule has 0 aliphatic carbocycles. The Bertz CT molecular complexity index is 1390. The van der Waals surface area contributed by atoms with Crippen molar-refractivity contribution in [2.75, 3.05) is 14.2 Å². The monoisotopic (exact) mass is 532 g/mol. The van der Waals surface area contributed by atoms with Crippen molar-refractivity contribution in [3.8, 4) is 28.4 Å². The van der Waals surface area contributed by atoms with Crippen molar-refractivity contribution in [1.29, 1.82) is 0 Å². The van der Waals surface area contributed by atoms with Gasteiger partial charge in [0.1, 0.15) is 22.8 Å². The van der Waals surface area contributed by atoms with Crippen molar-refractivity contribution < 1.29 is 19.4 Å². The largest absolute Gasteiger partial charge is 0.506 e. The second kappa shape index (κ2) is 13.9. The molecule has 3 aromatic rings. The van der Waals surface area contributed by atoms with Crippen molar-refractivity contribution in [2.45, 2.75) is 53.0 Å². The lowest BCUT2D eigenvalue weighted by Crippen LogP contribution is -2.24. The first-order valence-corrected chi connectivity index (χ1v) is 12.9. The van der Waals surface area contributed by atoms with Crippen LogP contribution in [-0.2, 0) is 17.8 Å². The third-order valence-electron chi connectivity index (χ3n) is 6.21. The average molecular weight is 533 g/mol. The topological polar surface area (TPSA) is 125 Å². The van der Waals surface area contributed by atoms with Gasteiger partial charge >= 0.3 is 0 Å². The minimum absolute atomic E-state index is 0.0108. The molecule has 3 N–H and O–H groups in total. The first-order chi connectivity index (χ1) is 18.8. The number of carbonyl (C=O) groups excluding carboxylic acids is 1. The Hall–Kier alpha value is -4.40. The summed E-state index contributed by atoms with van der Waals surface area (Å²) in [7, 11) is 3.07. The average Bonchev–Trinajstić information content (AvgIpc) is 2.94. The zero-order valence-electron chi connectivity index (χ0n) is 23.1. The number of H-pyrrole nitrogens is 1. The number of aromatic nitrogens is 1. The zero-order chi connectivity index (χ0) is 28.4. The third kappa shape index (κ3) is 7.34. The Morgan fingerprint density at radius 2 is 1.64 bits per heavy atom. The number of rotatable bonds is 12. The van der Waals surface area contributed by atoms with Crippen LogP contribution < -0.4 is 20.3 Å². The van der Waals surface area contributed by atoms with Crippen molar-refractivity contribution in [2.24, 2.45) is 10.2 Å². The van der Waals surface area contributed by atoms with E-state index >= 15 is 0 Å². The number of ether oxygens (including phenoxy) is 2. The number of aromatic amines is 1. The number of methoxy groups -OCH3 is 2. The molecule has 0 spiro atoms. The van der Waals surface area contributed by atoms with E-state index < -0.39 is 5.56 Å². The van der Waals surface area contributed by atoms with Gasteiger partial charge in [-0.15, -0.1) is 0 Å². The van der Waals surface area contributed by atoms with Crippen LogP contribution in [0.25, 0.3) is 11.1 Å². The smallest absolute Gasteiger partial charge is 0.261 e. The van der Waals surface area contributed by atoms with Crippen LogP contribution in [0.3, 0.4) is 0 Å². The summed E-state index contributed by atoms with van der Waals surface area (Å²) in [5.74, 6) is 0.553. The summed E-state index contributed by atoms with van der Waals surface area (Å²) in [4.78, 5) is 28.4. The molecule has 39 heavy (non-hydrogen) atoms. The second-order valence-electron chi connectivity index (χ2n) is 9.13. The van der Waals surface area contributed by atoms with Crippen LogP contribution in [0, 0.1) is 0 Å². The van der Waals surface area contributed by atoms with Gasteiger partial charge in [-0.3, -0.25) is 9.59 Å². The van der Waals surface area contributed by atoms with Crippen LogP contribution in [0.2, 0.25) is 0 Å². The molecule has 1 aromatic heterocycles. The summed E-state index contributed by atoms with van der Waals surface area (Å²) >= 11 is 0. The van der Waals surface area contributed by atoms with E-state index in [-0.39, 0.29) is 29.4 Å². The molecule has 0 radical (unpaired) electrons. The van der Waals surface area contributed by atoms with E-state index in [0.717, 1.165) is 18.4 Å². The van der Waals surface area contributed by atoms with E-state index in [9.17, 15) is 14.7 Å². The van der Waals surface area contributed by atoms with E-state index in [1.165, 1.54) is 14.2 Å². The van der Waals surface area contributed by atoms with Gasteiger partial charge in [0.25, 0.3) is 5.56 Å². The van der Waals surface area contributed by atoms with Gasteiger partial charge in [-0.1, -0.05) is 49.7 Å². The molecule has 1 amide bonds. The van der Waals surface area contributed by atoms with Gasteiger partial charge in [0.15, 0.2) is 0 Å². The third-order valence-corrected chi connectivity index (χ3v) is 6.21. The Kier molecular flexibility index (Phi) is 10.4. The molecule has 0 bridgehead atoms. The maximum absolute atomic E-state index is 13.1. The molecular formula is C30H36N4O5. The lowest BCUT2D eigenvalue weighted by Gasteiger charge is -2.19. The number of hydrogen-bond acceptors (Lipinski definition) is 7. The Labute approximate surface area is 228 Å². The molecule has 3 rings (SSSR count). The Balaban J connectivity index is 1.96. The van der Waals surface area contributed by atoms with Crippen LogP contribution in [0.4, 0.5) is 0 Å². The molecule has 2 aromatic carbocycles. The minimum Gasteiger partial charge on any atom is -0.506 e. The van der Waals surface area contributed by atoms with Gasteiger partial charge in [0.05, 0.1) is 37.5 Å². The number of hydrogen-bond donors (Lipinski definition) is 3. The van der Waals surface area contributed by atoms with Gasteiger partial charge in [-0.05, 0) is 44.4 Å². The lowest BCUT2D eigenvalue weighted by molar-refractivity contribution is -0.120. The summed E-state index contributed by atoms with van der Waals surface area (Å²) in [5, 5.41) is 22.7. The van der Waals surface area contributed by atoms with Crippen molar-refractivity contribution in [3.05, 3.63) is 75.7 Å². The number of nitrogens with zero attached hydrogens (tertiary/aromatic N) is 2. The van der Waals surface area contributed by atoms with Gasteiger partial charge in [-0.2, -0.15) is 10.2 Å². The molecule has 0 aliphatic rings. The van der Waals surface area contributed by atoms with Gasteiger partial charge < -0.3 is 24.9 Å². The van der Waals surface area contributed by atoms with Crippen LogP contribution in [0.5, 0.6) is 17.2 Å². The highest BCUT2D eigenvalue weighted by Gasteiger charge is 2.25. The van der Waals surface area contributed by atoms with E-state index in [4.69, 9.17) is 9.47 Å². The first kappa shape index (κ1) is 29.2. The van der Waals surface area contributed by atoms with Crippen molar-refractivity contribution >= 4 is 17.3 Å². The molecular weight excluding hydrogens is 496 g/mol. The molecule has 9 heteroatoms. The summed E-state index contributed by atoms with van der Waals surface area (Å²) < 4.78 is 11.2. The number of benzene rings is 2. The van der Waals surface area contributed by atoms with E-state index in [1.807, 2.05) is 30.3 Å². The maximum Gasteiger partial charge on any atom is 0.261 e. The number of amides is 1. The highest BCUT2D eigenvalue weighted by atomic mass is 16.5. The standard InChI is InChI=1S/C30H36N4O5/c1-6-7-14-22-27(28-23(38-4)15-11-16-24(28)39-5)29(36)26(30(37)32-22)20(3)34-33-19(2)17-25(35)31-18-21-12-9-8-10-13-21/h8-13,15-16H,6-7,14,17-18H2,1-5H3,(H,31,35)(H2,32,36,37)/b33-19+,34-20+. The second-order valence-corrected chi connectivity index (χ2v) is 9.13. The molecule has 206 valence electrons. The predicted molar refractivity (Wildman–Crippen MR) is 154 cm³/mol. The molecule has 9 nitrogen and oxygen atoms in total. The highest BCUT2D eigenvalue weighted by molar-refractivity contribution is 6.04. The number of carbonyl (C=O) groups is 1. The van der Waals surface area contributed by atoms with Crippen LogP contribution in [0.1, 0.15) is 56.9 Å². The number of pyridine rings is 1. The molecule has 0 aliphatic heterocycles.